The van der Waals surface area contributed by atoms with Gasteiger partial charge in [-0.1, -0.05) is 78.9 Å². The van der Waals surface area contributed by atoms with Crippen molar-refractivity contribution in [2.75, 3.05) is 27.6 Å². The van der Waals surface area contributed by atoms with Crippen LogP contribution >= 0.6 is 0 Å². The average Bonchev–Trinajstić information content (AvgIpc) is 3.32. The molecule has 0 unspecified atom stereocenters. The van der Waals surface area contributed by atoms with Crippen LogP contribution in [0.1, 0.15) is 23.6 Å². The van der Waals surface area contributed by atoms with E-state index in [4.69, 9.17) is 14.2 Å². The lowest BCUT2D eigenvalue weighted by atomic mass is 9.78. The number of hydrogen-bond donors (Lipinski definition) is 0. The Morgan fingerprint density at radius 2 is 1.47 bits per heavy atom. The summed E-state index contributed by atoms with van der Waals surface area (Å²) in [6, 6.07) is 25.4. The molecule has 0 bridgehead atoms. The fourth-order valence-electron chi connectivity index (χ4n) is 5.65. The van der Waals surface area contributed by atoms with Gasteiger partial charge in [-0.15, -0.1) is 0 Å². The van der Waals surface area contributed by atoms with E-state index in [2.05, 4.69) is 24.3 Å². The SMILES string of the molecule is COCO[C@@]1(C)C(=O)CN(C2(c3ccccc3)c3ccccc3-c3ccccc32)[C@@H]1C(=O)OC. The Morgan fingerprint density at radius 3 is 2.03 bits per heavy atom. The summed E-state index contributed by atoms with van der Waals surface area (Å²) in [5, 5.41) is 0. The highest BCUT2D eigenvalue weighted by Gasteiger charge is 2.64. The number of carbonyl (C=O) groups is 2. The third kappa shape index (κ3) is 2.99. The van der Waals surface area contributed by atoms with E-state index in [1.54, 1.807) is 6.92 Å². The number of benzene rings is 3. The van der Waals surface area contributed by atoms with E-state index in [1.165, 1.54) is 14.2 Å². The van der Waals surface area contributed by atoms with Crippen LogP contribution < -0.4 is 0 Å². The maximum atomic E-state index is 13.6. The largest absolute Gasteiger partial charge is 0.468 e. The predicted octanol–water partition coefficient (Wildman–Crippen LogP) is 3.76. The highest BCUT2D eigenvalue weighted by atomic mass is 16.7. The Bertz CT molecular complexity index is 1190. The van der Waals surface area contributed by atoms with E-state index >= 15 is 0 Å². The van der Waals surface area contributed by atoms with Crippen LogP contribution in [-0.2, 0) is 29.3 Å². The van der Waals surface area contributed by atoms with Gasteiger partial charge in [0, 0.05) is 7.11 Å². The van der Waals surface area contributed by atoms with Crippen LogP contribution in [0.25, 0.3) is 11.1 Å². The molecule has 0 saturated carbocycles. The molecule has 1 aliphatic heterocycles. The average molecular weight is 458 g/mol. The number of carbonyl (C=O) groups excluding carboxylic acids is 2. The van der Waals surface area contributed by atoms with E-state index in [-0.39, 0.29) is 19.1 Å². The molecule has 2 atom stereocenters. The topological polar surface area (TPSA) is 65.1 Å². The molecule has 3 aromatic carbocycles. The van der Waals surface area contributed by atoms with Gasteiger partial charge in [0.1, 0.15) is 12.8 Å². The van der Waals surface area contributed by atoms with Gasteiger partial charge in [-0.25, -0.2) is 0 Å². The minimum absolute atomic E-state index is 0.0115. The zero-order chi connectivity index (χ0) is 23.9. The van der Waals surface area contributed by atoms with Crippen molar-refractivity contribution >= 4 is 11.8 Å². The molecule has 1 aliphatic carbocycles. The molecule has 1 saturated heterocycles. The molecule has 0 amide bonds. The van der Waals surface area contributed by atoms with Crippen LogP contribution in [0.4, 0.5) is 0 Å². The smallest absolute Gasteiger partial charge is 0.326 e. The number of Topliss-reactive ketones (excluding diaryl/α,β-unsaturated/α-hetero) is 1. The highest BCUT2D eigenvalue weighted by molar-refractivity contribution is 6.00. The second-order valence-corrected chi connectivity index (χ2v) is 8.80. The minimum Gasteiger partial charge on any atom is -0.468 e. The van der Waals surface area contributed by atoms with Crippen molar-refractivity contribution in [1.29, 1.82) is 0 Å². The van der Waals surface area contributed by atoms with Crippen LogP contribution in [0.15, 0.2) is 78.9 Å². The summed E-state index contributed by atoms with van der Waals surface area (Å²) >= 11 is 0. The summed E-state index contributed by atoms with van der Waals surface area (Å²) in [7, 11) is 2.83. The third-order valence-electron chi connectivity index (χ3n) is 7.15. The quantitative estimate of drug-likeness (QED) is 0.415. The van der Waals surface area contributed by atoms with E-state index in [0.717, 1.165) is 27.8 Å². The number of esters is 1. The summed E-state index contributed by atoms with van der Waals surface area (Å²) in [4.78, 5) is 28.9. The molecule has 34 heavy (non-hydrogen) atoms. The van der Waals surface area contributed by atoms with Gasteiger partial charge in [0.15, 0.2) is 11.4 Å². The van der Waals surface area contributed by atoms with Crippen LogP contribution in [0.3, 0.4) is 0 Å². The normalized spacial score (nSPS) is 22.9. The molecule has 0 spiro atoms. The van der Waals surface area contributed by atoms with Gasteiger partial charge in [0.25, 0.3) is 0 Å². The van der Waals surface area contributed by atoms with E-state index in [9.17, 15) is 9.59 Å². The lowest BCUT2D eigenvalue weighted by molar-refractivity contribution is -0.175. The predicted molar refractivity (Wildman–Crippen MR) is 127 cm³/mol. The lowest BCUT2D eigenvalue weighted by Crippen LogP contribution is -2.58. The fraction of sp³-hybridized carbons (Fsp3) is 0.286. The Hall–Kier alpha value is -3.32. The monoisotopic (exact) mass is 457 g/mol. The number of fused-ring (bicyclic) bond motifs is 3. The number of methoxy groups -OCH3 is 2. The Labute approximate surface area is 199 Å². The number of ketones is 1. The van der Waals surface area contributed by atoms with Crippen molar-refractivity contribution < 1.29 is 23.8 Å². The number of hydrogen-bond acceptors (Lipinski definition) is 6. The van der Waals surface area contributed by atoms with E-state index in [1.807, 2.05) is 59.5 Å². The number of ether oxygens (including phenoxy) is 3. The molecule has 1 heterocycles. The van der Waals surface area contributed by atoms with Gasteiger partial charge >= 0.3 is 5.97 Å². The first-order valence-corrected chi connectivity index (χ1v) is 11.3. The van der Waals surface area contributed by atoms with E-state index < -0.39 is 23.2 Å². The molecular formula is C28H27NO5. The maximum Gasteiger partial charge on any atom is 0.326 e. The zero-order valence-corrected chi connectivity index (χ0v) is 19.5. The molecule has 0 aromatic heterocycles. The summed E-state index contributed by atoms with van der Waals surface area (Å²) in [6.45, 7) is 1.55. The van der Waals surface area contributed by atoms with Gasteiger partial charge in [-0.05, 0) is 34.7 Å². The standard InChI is InChI=1S/C28H27NO5/c1-27(34-18-32-2)24(30)17-29(25(27)26(31)33-3)28(19-11-5-4-6-12-19)22-15-9-7-13-20(22)21-14-8-10-16-23(21)28/h4-16,25H,17-18H2,1-3H3/t25-,27+/m1/s1. The second-order valence-electron chi connectivity index (χ2n) is 8.80. The van der Waals surface area contributed by atoms with Gasteiger partial charge in [0.05, 0.1) is 19.2 Å². The van der Waals surface area contributed by atoms with Crippen molar-refractivity contribution in [1.82, 2.24) is 4.90 Å². The lowest BCUT2D eigenvalue weighted by Gasteiger charge is -2.44. The molecule has 6 heteroatoms. The van der Waals surface area contributed by atoms with Crippen molar-refractivity contribution in [2.24, 2.45) is 0 Å². The molecule has 5 rings (SSSR count). The van der Waals surface area contributed by atoms with Crippen LogP contribution in [0.5, 0.6) is 0 Å². The van der Waals surface area contributed by atoms with Gasteiger partial charge in [-0.2, -0.15) is 0 Å². The minimum atomic E-state index is -1.43. The third-order valence-corrected chi connectivity index (χ3v) is 7.15. The summed E-state index contributed by atoms with van der Waals surface area (Å²) in [5.74, 6) is -0.723. The number of rotatable bonds is 6. The molecule has 174 valence electrons. The maximum absolute atomic E-state index is 13.6. The zero-order valence-electron chi connectivity index (χ0n) is 19.5. The summed E-state index contributed by atoms with van der Waals surface area (Å²) in [6.07, 6.45) is 0. The van der Waals surface area contributed by atoms with Crippen LogP contribution in [0.2, 0.25) is 0 Å². The van der Waals surface area contributed by atoms with Gasteiger partial charge < -0.3 is 14.2 Å². The first kappa shape index (κ1) is 22.5. The summed E-state index contributed by atoms with van der Waals surface area (Å²) < 4.78 is 16.3. The van der Waals surface area contributed by atoms with Gasteiger partial charge in [-0.3, -0.25) is 14.5 Å². The molecule has 2 aliphatic rings. The molecule has 0 N–H and O–H groups in total. The molecule has 1 fully saturated rings. The van der Waals surface area contributed by atoms with E-state index in [0.29, 0.717) is 0 Å². The summed E-state index contributed by atoms with van der Waals surface area (Å²) in [5.41, 5.74) is 2.81. The van der Waals surface area contributed by atoms with Crippen molar-refractivity contribution in [3.8, 4) is 11.1 Å². The highest BCUT2D eigenvalue weighted by Crippen LogP contribution is 2.56. The van der Waals surface area contributed by atoms with Crippen molar-refractivity contribution in [3.05, 3.63) is 95.6 Å². The first-order valence-electron chi connectivity index (χ1n) is 11.3. The Kier molecular flexibility index (Phi) is 5.60. The first-order chi connectivity index (χ1) is 16.5. The fourth-order valence-corrected chi connectivity index (χ4v) is 5.65. The Balaban J connectivity index is 1.84. The van der Waals surface area contributed by atoms with Crippen molar-refractivity contribution in [3.63, 3.8) is 0 Å². The van der Waals surface area contributed by atoms with Gasteiger partial charge in [0.2, 0.25) is 0 Å². The number of likely N-dealkylation sites (tertiary alicyclic amines) is 1. The molecular weight excluding hydrogens is 430 g/mol. The molecule has 3 aromatic rings. The van der Waals surface area contributed by atoms with Crippen LogP contribution in [0, 0.1) is 0 Å². The molecule has 0 radical (unpaired) electrons. The Morgan fingerprint density at radius 1 is 0.912 bits per heavy atom. The molecule has 6 nitrogen and oxygen atoms in total. The van der Waals surface area contributed by atoms with Crippen molar-refractivity contribution in [2.45, 2.75) is 24.1 Å². The number of nitrogens with zero attached hydrogens (tertiary/aromatic N) is 1. The second kappa shape index (κ2) is 8.47. The van der Waals surface area contributed by atoms with Crippen LogP contribution in [-0.4, -0.2) is 55.9 Å².